The highest BCUT2D eigenvalue weighted by Crippen LogP contribution is 1.97. The number of alkyl halides is 1. The third-order valence-electron chi connectivity index (χ3n) is 0.770. The summed E-state index contributed by atoms with van der Waals surface area (Å²) < 4.78 is 8.91. The minimum absolute atomic E-state index is 0.189. The van der Waals surface area contributed by atoms with E-state index in [-0.39, 0.29) is 6.61 Å². The predicted octanol–water partition coefficient (Wildman–Crippen LogP) is 0.413. The maximum Gasteiger partial charge on any atom is 0.326 e. The number of hydrogen-bond acceptors (Lipinski definition) is 3. The molecule has 0 bridgehead atoms. The molecule has 0 aromatic rings. The summed E-state index contributed by atoms with van der Waals surface area (Å²) >= 11 is 5.43. The molecule has 0 spiro atoms. The first-order valence-corrected chi connectivity index (χ1v) is 2.86. The Labute approximate surface area is 58.9 Å². The van der Waals surface area contributed by atoms with Crippen LogP contribution in [-0.2, 0) is 14.3 Å². The smallest absolute Gasteiger partial charge is 0.326 e. The Balaban J connectivity index is 3.45. The lowest BCUT2D eigenvalue weighted by molar-refractivity contribution is -0.141. The highest BCUT2D eigenvalue weighted by Gasteiger charge is 2.13. The Morgan fingerprint density at radius 3 is 2.56 bits per heavy atom. The van der Waals surface area contributed by atoms with Crippen LogP contribution in [0, 0.1) is 0 Å². The molecule has 0 fully saturated rings. The van der Waals surface area contributed by atoms with E-state index in [4.69, 9.17) is 11.6 Å². The fraction of sp³-hybridized carbons (Fsp3) is 0.800. The van der Waals surface area contributed by atoms with E-state index in [0.717, 1.165) is 0 Å². The van der Waals surface area contributed by atoms with Gasteiger partial charge in [-0.15, -0.1) is 11.6 Å². The maximum absolute atomic E-state index is 10.5. The Hall–Kier alpha value is -0.280. The van der Waals surface area contributed by atoms with E-state index in [0.29, 0.717) is 0 Å². The van der Waals surface area contributed by atoms with Crippen molar-refractivity contribution in [2.75, 3.05) is 20.8 Å². The topological polar surface area (TPSA) is 35.5 Å². The summed E-state index contributed by atoms with van der Waals surface area (Å²) in [6.45, 7) is 0.189. The van der Waals surface area contributed by atoms with Gasteiger partial charge in [-0.25, -0.2) is 0 Å². The van der Waals surface area contributed by atoms with Gasteiger partial charge in [-0.3, -0.25) is 4.79 Å². The highest BCUT2D eigenvalue weighted by atomic mass is 35.5. The number of hydrogen-bond donors (Lipinski definition) is 0. The molecule has 0 aromatic carbocycles. The van der Waals surface area contributed by atoms with Crippen molar-refractivity contribution >= 4 is 17.6 Å². The van der Waals surface area contributed by atoms with Gasteiger partial charge in [-0.05, 0) is 0 Å². The predicted molar refractivity (Wildman–Crippen MR) is 33.5 cm³/mol. The molecule has 0 heterocycles. The van der Waals surface area contributed by atoms with Crippen LogP contribution in [0.3, 0.4) is 0 Å². The van der Waals surface area contributed by atoms with Crippen molar-refractivity contribution in [2.24, 2.45) is 0 Å². The fourth-order valence-electron chi connectivity index (χ4n) is 0.342. The standard InChI is InChI=1S/C5H9ClO3/c1-8-3-4(6)5(7)9-2/h4H,3H2,1-2H3. The van der Waals surface area contributed by atoms with E-state index in [1.807, 2.05) is 0 Å². The third kappa shape index (κ3) is 3.32. The molecule has 9 heavy (non-hydrogen) atoms. The molecule has 1 atom stereocenters. The van der Waals surface area contributed by atoms with Gasteiger partial charge in [-0.2, -0.15) is 0 Å². The summed E-state index contributed by atoms with van der Waals surface area (Å²) in [5, 5.41) is -0.681. The van der Waals surface area contributed by atoms with E-state index in [1.54, 1.807) is 0 Å². The van der Waals surface area contributed by atoms with Gasteiger partial charge in [-0.1, -0.05) is 0 Å². The lowest BCUT2D eigenvalue weighted by Gasteiger charge is -2.03. The zero-order valence-corrected chi connectivity index (χ0v) is 6.14. The van der Waals surface area contributed by atoms with Gasteiger partial charge in [0.15, 0.2) is 5.38 Å². The van der Waals surface area contributed by atoms with Crippen LogP contribution in [-0.4, -0.2) is 32.2 Å². The summed E-state index contributed by atoms with van der Waals surface area (Å²) in [7, 11) is 2.76. The first kappa shape index (κ1) is 8.72. The number of halogens is 1. The summed E-state index contributed by atoms with van der Waals surface area (Å²) in [6.07, 6.45) is 0. The van der Waals surface area contributed by atoms with Gasteiger partial charge in [0.2, 0.25) is 0 Å². The van der Waals surface area contributed by atoms with E-state index < -0.39 is 11.3 Å². The molecule has 0 aliphatic heterocycles. The summed E-state index contributed by atoms with van der Waals surface area (Å²) in [6, 6.07) is 0. The molecule has 0 N–H and O–H groups in total. The first-order chi connectivity index (χ1) is 4.22. The van der Waals surface area contributed by atoms with Crippen molar-refractivity contribution < 1.29 is 14.3 Å². The molecule has 0 saturated carbocycles. The van der Waals surface area contributed by atoms with Crippen LogP contribution in [0.25, 0.3) is 0 Å². The van der Waals surface area contributed by atoms with Crippen molar-refractivity contribution in [1.29, 1.82) is 0 Å². The molecular weight excluding hydrogens is 144 g/mol. The summed E-state index contributed by atoms with van der Waals surface area (Å²) in [4.78, 5) is 10.5. The first-order valence-electron chi connectivity index (χ1n) is 2.43. The van der Waals surface area contributed by atoms with Gasteiger partial charge in [0.25, 0.3) is 0 Å². The minimum Gasteiger partial charge on any atom is -0.468 e. The van der Waals surface area contributed by atoms with Gasteiger partial charge in [0.1, 0.15) is 0 Å². The van der Waals surface area contributed by atoms with E-state index >= 15 is 0 Å². The van der Waals surface area contributed by atoms with Crippen molar-refractivity contribution in [1.82, 2.24) is 0 Å². The molecule has 54 valence electrons. The van der Waals surface area contributed by atoms with E-state index in [2.05, 4.69) is 9.47 Å². The molecule has 0 radical (unpaired) electrons. The van der Waals surface area contributed by atoms with Gasteiger partial charge < -0.3 is 9.47 Å². The molecule has 4 heteroatoms. The third-order valence-corrected chi connectivity index (χ3v) is 1.07. The zero-order chi connectivity index (χ0) is 7.28. The number of methoxy groups -OCH3 is 2. The molecule has 0 aliphatic carbocycles. The molecule has 1 unspecified atom stereocenters. The lowest BCUT2D eigenvalue weighted by atomic mass is 10.4. The zero-order valence-electron chi connectivity index (χ0n) is 5.39. The number of carbonyl (C=O) groups excluding carboxylic acids is 1. The highest BCUT2D eigenvalue weighted by molar-refractivity contribution is 6.30. The minimum atomic E-state index is -0.681. The van der Waals surface area contributed by atoms with Crippen LogP contribution < -0.4 is 0 Å². The Bertz CT molecular complexity index is 94.2. The molecular formula is C5H9ClO3. The second-order valence-corrected chi connectivity index (χ2v) is 1.97. The Morgan fingerprint density at radius 1 is 1.67 bits per heavy atom. The second kappa shape index (κ2) is 4.58. The summed E-state index contributed by atoms with van der Waals surface area (Å²) in [5.74, 6) is -0.460. The monoisotopic (exact) mass is 152 g/mol. The number of esters is 1. The second-order valence-electron chi connectivity index (χ2n) is 1.45. The quantitative estimate of drug-likeness (QED) is 0.434. The van der Waals surface area contributed by atoms with Gasteiger partial charge in [0.05, 0.1) is 13.7 Å². The molecule has 3 nitrogen and oxygen atoms in total. The number of rotatable bonds is 3. The van der Waals surface area contributed by atoms with Crippen molar-refractivity contribution in [3.8, 4) is 0 Å². The van der Waals surface area contributed by atoms with Gasteiger partial charge >= 0.3 is 5.97 Å². The summed E-state index contributed by atoms with van der Waals surface area (Å²) in [5.41, 5.74) is 0. The maximum atomic E-state index is 10.5. The lowest BCUT2D eigenvalue weighted by Crippen LogP contribution is -2.20. The molecule has 0 saturated heterocycles. The van der Waals surface area contributed by atoms with Crippen molar-refractivity contribution in [2.45, 2.75) is 5.38 Å². The SMILES string of the molecule is COCC(Cl)C(=O)OC. The average molecular weight is 153 g/mol. The van der Waals surface area contributed by atoms with Crippen LogP contribution in [0.2, 0.25) is 0 Å². The molecule has 0 aromatic heterocycles. The fourth-order valence-corrected chi connectivity index (χ4v) is 0.557. The van der Waals surface area contributed by atoms with Crippen molar-refractivity contribution in [3.05, 3.63) is 0 Å². The van der Waals surface area contributed by atoms with Crippen LogP contribution in [0.4, 0.5) is 0 Å². The Morgan fingerprint density at radius 2 is 2.22 bits per heavy atom. The van der Waals surface area contributed by atoms with E-state index in [1.165, 1.54) is 14.2 Å². The van der Waals surface area contributed by atoms with Crippen LogP contribution in [0.15, 0.2) is 0 Å². The van der Waals surface area contributed by atoms with E-state index in [9.17, 15) is 4.79 Å². The van der Waals surface area contributed by atoms with Crippen LogP contribution in [0.5, 0.6) is 0 Å². The number of carbonyl (C=O) groups is 1. The molecule has 0 aliphatic rings. The van der Waals surface area contributed by atoms with Crippen molar-refractivity contribution in [3.63, 3.8) is 0 Å². The number of ether oxygens (including phenoxy) is 2. The molecule has 0 rings (SSSR count). The Kier molecular flexibility index (Phi) is 4.44. The van der Waals surface area contributed by atoms with Gasteiger partial charge in [0, 0.05) is 7.11 Å². The normalized spacial score (nSPS) is 12.8. The van der Waals surface area contributed by atoms with Crippen LogP contribution in [0.1, 0.15) is 0 Å². The largest absolute Gasteiger partial charge is 0.468 e. The molecule has 0 amide bonds. The average Bonchev–Trinajstić information content (AvgIpc) is 1.87. The van der Waals surface area contributed by atoms with Crippen LogP contribution >= 0.6 is 11.6 Å².